The molecule has 0 spiro atoms. The van der Waals surface area contributed by atoms with E-state index in [-0.39, 0.29) is 16.9 Å². The number of rotatable bonds is 4. The van der Waals surface area contributed by atoms with Crippen molar-refractivity contribution in [1.82, 2.24) is 4.98 Å². The highest BCUT2D eigenvalue weighted by molar-refractivity contribution is 5.92. The summed E-state index contributed by atoms with van der Waals surface area (Å²) in [6.07, 6.45) is 2.50. The van der Waals surface area contributed by atoms with E-state index in [1.807, 2.05) is 0 Å². The lowest BCUT2D eigenvalue weighted by atomic mass is 9.90. The average Bonchev–Trinajstić information content (AvgIpc) is 2.34. The quantitative estimate of drug-likeness (QED) is 0.907. The normalized spacial score (nSPS) is 11.2. The summed E-state index contributed by atoms with van der Waals surface area (Å²) in [4.78, 5) is 28.1. The molecule has 0 aliphatic rings. The minimum atomic E-state index is -1.03. The molecule has 1 rings (SSSR count). The van der Waals surface area contributed by atoms with Crippen LogP contribution in [0.15, 0.2) is 18.3 Å². The van der Waals surface area contributed by atoms with E-state index >= 15 is 0 Å². The number of anilines is 1. The van der Waals surface area contributed by atoms with Crippen LogP contribution in [0.3, 0.4) is 0 Å². The third kappa shape index (κ3) is 4.69. The zero-order valence-corrected chi connectivity index (χ0v) is 11.8. The molecule has 19 heavy (non-hydrogen) atoms. The summed E-state index contributed by atoms with van der Waals surface area (Å²) in [5.74, 6) is -0.588. The number of hydrogen-bond donors (Lipinski definition) is 1. The van der Waals surface area contributed by atoms with Crippen LogP contribution in [0.25, 0.3) is 0 Å². The number of carbonyl (C=O) groups is 2. The van der Waals surface area contributed by atoms with Crippen LogP contribution in [-0.2, 0) is 4.79 Å². The van der Waals surface area contributed by atoms with Crippen molar-refractivity contribution < 1.29 is 14.7 Å². The number of amides is 1. The number of aromatic carboxylic acids is 1. The molecular weight excluding hydrogens is 244 g/mol. The van der Waals surface area contributed by atoms with Gasteiger partial charge in [-0.25, -0.2) is 9.78 Å². The number of carbonyl (C=O) groups excluding carboxylic acids is 1. The number of nitrogens with zero attached hydrogens (tertiary/aromatic N) is 2. The summed E-state index contributed by atoms with van der Waals surface area (Å²) in [6, 6.07) is 2.98. The molecule has 0 unspecified atom stereocenters. The summed E-state index contributed by atoms with van der Waals surface area (Å²) >= 11 is 0. The van der Waals surface area contributed by atoms with Gasteiger partial charge in [0.25, 0.3) is 0 Å². The Hall–Kier alpha value is -1.91. The third-order valence-corrected chi connectivity index (χ3v) is 2.80. The Balaban J connectivity index is 2.69. The van der Waals surface area contributed by atoms with Gasteiger partial charge < -0.3 is 5.11 Å². The smallest absolute Gasteiger partial charge is 0.337 e. The maximum Gasteiger partial charge on any atom is 0.337 e. The molecule has 0 saturated carbocycles. The van der Waals surface area contributed by atoms with Gasteiger partial charge in [0, 0.05) is 19.7 Å². The topological polar surface area (TPSA) is 70.5 Å². The first-order valence-electron chi connectivity index (χ1n) is 6.16. The molecule has 1 aromatic rings. The third-order valence-electron chi connectivity index (χ3n) is 2.80. The Bertz CT molecular complexity index is 461. The molecule has 0 aliphatic heterocycles. The van der Waals surface area contributed by atoms with Crippen LogP contribution >= 0.6 is 0 Å². The SMILES string of the molecule is CN(C(=O)CCC(C)(C)C)c1ccc(C(=O)O)cn1. The summed E-state index contributed by atoms with van der Waals surface area (Å²) < 4.78 is 0. The van der Waals surface area contributed by atoms with Crippen molar-refractivity contribution >= 4 is 17.7 Å². The molecule has 0 aromatic carbocycles. The Morgan fingerprint density at radius 3 is 2.37 bits per heavy atom. The van der Waals surface area contributed by atoms with Crippen LogP contribution in [0.1, 0.15) is 44.0 Å². The highest BCUT2D eigenvalue weighted by Crippen LogP contribution is 2.21. The first-order chi connectivity index (χ1) is 8.70. The summed E-state index contributed by atoms with van der Waals surface area (Å²) in [5.41, 5.74) is 0.219. The molecule has 0 atom stereocenters. The number of carboxylic acid groups (broad SMARTS) is 1. The molecule has 5 nitrogen and oxygen atoms in total. The fourth-order valence-corrected chi connectivity index (χ4v) is 1.49. The van der Waals surface area contributed by atoms with E-state index in [2.05, 4.69) is 25.8 Å². The molecule has 0 aliphatic carbocycles. The zero-order valence-electron chi connectivity index (χ0n) is 11.8. The maximum absolute atomic E-state index is 12.0. The Labute approximate surface area is 113 Å². The Kier molecular flexibility index (Phi) is 4.64. The lowest BCUT2D eigenvalue weighted by Gasteiger charge is -2.21. The number of hydrogen-bond acceptors (Lipinski definition) is 3. The van der Waals surface area contributed by atoms with Crippen LogP contribution < -0.4 is 4.90 Å². The minimum Gasteiger partial charge on any atom is -0.478 e. The van der Waals surface area contributed by atoms with Crippen LogP contribution in [-0.4, -0.2) is 29.0 Å². The highest BCUT2D eigenvalue weighted by atomic mass is 16.4. The van der Waals surface area contributed by atoms with Crippen LogP contribution in [0.4, 0.5) is 5.82 Å². The van der Waals surface area contributed by atoms with Gasteiger partial charge in [-0.1, -0.05) is 20.8 Å². The molecule has 104 valence electrons. The highest BCUT2D eigenvalue weighted by Gasteiger charge is 2.17. The number of aromatic nitrogens is 1. The van der Waals surface area contributed by atoms with E-state index in [9.17, 15) is 9.59 Å². The first-order valence-corrected chi connectivity index (χ1v) is 6.16. The van der Waals surface area contributed by atoms with E-state index < -0.39 is 5.97 Å². The zero-order chi connectivity index (χ0) is 14.6. The van der Waals surface area contributed by atoms with Gasteiger partial charge in [-0.2, -0.15) is 0 Å². The van der Waals surface area contributed by atoms with Crippen molar-refractivity contribution in [3.63, 3.8) is 0 Å². The van der Waals surface area contributed by atoms with Gasteiger partial charge in [0.2, 0.25) is 5.91 Å². The van der Waals surface area contributed by atoms with E-state index in [0.29, 0.717) is 12.2 Å². The molecule has 1 amide bonds. The van der Waals surface area contributed by atoms with Crippen LogP contribution in [0.2, 0.25) is 0 Å². The van der Waals surface area contributed by atoms with E-state index in [1.165, 1.54) is 17.2 Å². The van der Waals surface area contributed by atoms with Gasteiger partial charge in [0.05, 0.1) is 5.56 Å². The van der Waals surface area contributed by atoms with Crippen molar-refractivity contribution in [2.45, 2.75) is 33.6 Å². The van der Waals surface area contributed by atoms with Gasteiger partial charge >= 0.3 is 5.97 Å². The van der Waals surface area contributed by atoms with Crippen molar-refractivity contribution in [3.8, 4) is 0 Å². The first kappa shape index (κ1) is 15.1. The Morgan fingerprint density at radius 2 is 1.95 bits per heavy atom. The van der Waals surface area contributed by atoms with Crippen molar-refractivity contribution in [1.29, 1.82) is 0 Å². The molecule has 5 heteroatoms. The molecular formula is C14H20N2O3. The van der Waals surface area contributed by atoms with Crippen LogP contribution in [0.5, 0.6) is 0 Å². The second-order valence-corrected chi connectivity index (χ2v) is 5.72. The van der Waals surface area contributed by atoms with E-state index in [1.54, 1.807) is 13.1 Å². The average molecular weight is 264 g/mol. The maximum atomic E-state index is 12.0. The van der Waals surface area contributed by atoms with Gasteiger partial charge in [0.1, 0.15) is 5.82 Å². The van der Waals surface area contributed by atoms with E-state index in [4.69, 9.17) is 5.11 Å². The number of pyridine rings is 1. The lowest BCUT2D eigenvalue weighted by Crippen LogP contribution is -2.28. The molecule has 0 saturated heterocycles. The van der Waals surface area contributed by atoms with E-state index in [0.717, 1.165) is 6.42 Å². The van der Waals surface area contributed by atoms with Crippen molar-refractivity contribution in [3.05, 3.63) is 23.9 Å². The molecule has 0 fully saturated rings. The minimum absolute atomic E-state index is 0.0227. The fourth-order valence-electron chi connectivity index (χ4n) is 1.49. The monoisotopic (exact) mass is 264 g/mol. The summed E-state index contributed by atoms with van der Waals surface area (Å²) in [5, 5.41) is 8.78. The molecule has 0 radical (unpaired) electrons. The molecule has 1 N–H and O–H groups in total. The largest absolute Gasteiger partial charge is 0.478 e. The van der Waals surface area contributed by atoms with Gasteiger partial charge in [-0.05, 0) is 24.0 Å². The lowest BCUT2D eigenvalue weighted by molar-refractivity contribution is -0.118. The fraction of sp³-hybridized carbons (Fsp3) is 0.500. The van der Waals surface area contributed by atoms with Gasteiger partial charge in [-0.3, -0.25) is 9.69 Å². The van der Waals surface area contributed by atoms with Crippen molar-refractivity contribution in [2.75, 3.05) is 11.9 Å². The molecule has 1 heterocycles. The molecule has 0 bridgehead atoms. The second kappa shape index (κ2) is 5.82. The van der Waals surface area contributed by atoms with Gasteiger partial charge in [-0.15, -0.1) is 0 Å². The Morgan fingerprint density at radius 1 is 1.32 bits per heavy atom. The predicted octanol–water partition coefficient (Wildman–Crippen LogP) is 2.57. The molecule has 1 aromatic heterocycles. The standard InChI is InChI=1S/C14H20N2O3/c1-14(2,3)8-7-12(17)16(4)11-6-5-10(9-15-11)13(18)19/h5-6,9H,7-8H2,1-4H3,(H,18,19). The van der Waals surface area contributed by atoms with Gasteiger partial charge in [0.15, 0.2) is 0 Å². The number of carboxylic acids is 1. The van der Waals surface area contributed by atoms with Crippen LogP contribution in [0, 0.1) is 5.41 Å². The second-order valence-electron chi connectivity index (χ2n) is 5.72. The summed E-state index contributed by atoms with van der Waals surface area (Å²) in [7, 11) is 1.65. The summed E-state index contributed by atoms with van der Waals surface area (Å²) in [6.45, 7) is 6.25. The van der Waals surface area contributed by atoms with Crippen molar-refractivity contribution in [2.24, 2.45) is 5.41 Å². The predicted molar refractivity (Wildman–Crippen MR) is 73.3 cm³/mol.